The average Bonchev–Trinajstić information content (AvgIpc) is 2.96. The lowest BCUT2D eigenvalue weighted by atomic mass is 10.1. The Bertz CT molecular complexity index is 566. The molecule has 1 atom stereocenters. The van der Waals surface area contributed by atoms with E-state index in [1.807, 2.05) is 32.0 Å². The summed E-state index contributed by atoms with van der Waals surface area (Å²) in [5.41, 5.74) is 2.09. The molecule has 1 aromatic carbocycles. The van der Waals surface area contributed by atoms with Crippen molar-refractivity contribution in [2.75, 3.05) is 6.54 Å². The third kappa shape index (κ3) is 4.37. The van der Waals surface area contributed by atoms with Gasteiger partial charge in [-0.3, -0.25) is 0 Å². The number of hydrogen-bond donors (Lipinski definition) is 2. The summed E-state index contributed by atoms with van der Waals surface area (Å²) in [4.78, 5) is 4.36. The minimum Gasteiger partial charge on any atom is -0.392 e. The average molecular weight is 289 g/mol. The third-order valence-electron chi connectivity index (χ3n) is 3.42. The molecule has 0 fully saturated rings. The van der Waals surface area contributed by atoms with Crippen LogP contribution in [0.4, 0.5) is 0 Å². The normalized spacial score (nSPS) is 12.8. The molecule has 0 aliphatic heterocycles. The van der Waals surface area contributed by atoms with Gasteiger partial charge in [0.25, 0.3) is 0 Å². The van der Waals surface area contributed by atoms with Crippen molar-refractivity contribution < 1.29 is 9.63 Å². The summed E-state index contributed by atoms with van der Waals surface area (Å²) in [6.45, 7) is 7.03. The van der Waals surface area contributed by atoms with Crippen molar-refractivity contribution in [3.63, 3.8) is 0 Å². The Morgan fingerprint density at radius 2 is 2.10 bits per heavy atom. The Kier molecular flexibility index (Phi) is 5.47. The summed E-state index contributed by atoms with van der Waals surface area (Å²) in [5.74, 6) is 1.71. The molecule has 0 aliphatic carbocycles. The molecule has 2 rings (SSSR count). The van der Waals surface area contributed by atoms with E-state index < -0.39 is 0 Å². The summed E-state index contributed by atoms with van der Waals surface area (Å²) in [6, 6.07) is 8.17. The molecule has 2 N–H and O–H groups in total. The van der Waals surface area contributed by atoms with Gasteiger partial charge in [-0.15, -0.1) is 0 Å². The number of rotatable bonds is 7. The first-order valence-electron chi connectivity index (χ1n) is 7.35. The van der Waals surface area contributed by atoms with Crippen LogP contribution in [-0.4, -0.2) is 21.8 Å². The first-order chi connectivity index (χ1) is 10.1. The van der Waals surface area contributed by atoms with E-state index in [-0.39, 0.29) is 18.6 Å². The van der Waals surface area contributed by atoms with Gasteiger partial charge in [0.1, 0.15) is 0 Å². The highest BCUT2D eigenvalue weighted by Gasteiger charge is 2.10. The predicted octanol–water partition coefficient (Wildman–Crippen LogP) is 2.58. The fourth-order valence-electron chi connectivity index (χ4n) is 2.08. The van der Waals surface area contributed by atoms with Gasteiger partial charge in [0.2, 0.25) is 5.89 Å². The number of nitrogens with one attached hydrogen (secondary N) is 1. The molecule has 0 saturated carbocycles. The zero-order valence-electron chi connectivity index (χ0n) is 12.8. The molecule has 0 saturated heterocycles. The van der Waals surface area contributed by atoms with Gasteiger partial charge in [0.15, 0.2) is 5.82 Å². The van der Waals surface area contributed by atoms with Crippen LogP contribution in [0.3, 0.4) is 0 Å². The van der Waals surface area contributed by atoms with Gasteiger partial charge in [-0.2, -0.15) is 4.98 Å². The minimum absolute atomic E-state index is 0.0700. The molecule has 5 nitrogen and oxygen atoms in total. The molecule has 2 aromatic rings. The molecule has 1 unspecified atom stereocenters. The summed E-state index contributed by atoms with van der Waals surface area (Å²) < 4.78 is 5.22. The van der Waals surface area contributed by atoms with Gasteiger partial charge in [-0.25, -0.2) is 0 Å². The topological polar surface area (TPSA) is 71.2 Å². The molecule has 0 radical (unpaired) electrons. The van der Waals surface area contributed by atoms with Crippen LogP contribution in [0.5, 0.6) is 0 Å². The molecule has 1 aromatic heterocycles. The van der Waals surface area contributed by atoms with Gasteiger partial charge in [-0.1, -0.05) is 43.3 Å². The number of aromatic nitrogens is 2. The van der Waals surface area contributed by atoms with E-state index >= 15 is 0 Å². The van der Waals surface area contributed by atoms with Crippen molar-refractivity contribution in [3.05, 3.63) is 47.1 Å². The Morgan fingerprint density at radius 3 is 2.76 bits per heavy atom. The van der Waals surface area contributed by atoms with Crippen LogP contribution in [0.15, 0.2) is 28.8 Å². The van der Waals surface area contributed by atoms with E-state index in [4.69, 9.17) is 9.63 Å². The van der Waals surface area contributed by atoms with Gasteiger partial charge >= 0.3 is 0 Å². The first kappa shape index (κ1) is 15.7. The van der Waals surface area contributed by atoms with Crippen molar-refractivity contribution in [3.8, 4) is 0 Å². The Balaban J connectivity index is 1.84. The molecule has 114 valence electrons. The summed E-state index contributed by atoms with van der Waals surface area (Å²) in [5, 5.41) is 16.5. The lowest BCUT2D eigenvalue weighted by Crippen LogP contribution is -2.21. The standard InChI is InChI=1S/C16H23N3O2/c1-11(2)16-18-15(21-19-16)7-8-17-12(3)14-6-4-5-13(9-14)10-20/h4-6,9,11-12,17,20H,7-8,10H2,1-3H3. The number of aliphatic hydroxyl groups excluding tert-OH is 1. The monoisotopic (exact) mass is 289 g/mol. The maximum absolute atomic E-state index is 9.17. The van der Waals surface area contributed by atoms with Crippen LogP contribution in [0.2, 0.25) is 0 Å². The number of nitrogens with zero attached hydrogens (tertiary/aromatic N) is 2. The summed E-state index contributed by atoms with van der Waals surface area (Å²) in [6.07, 6.45) is 0.712. The van der Waals surface area contributed by atoms with E-state index in [0.717, 1.165) is 23.5 Å². The van der Waals surface area contributed by atoms with E-state index in [1.54, 1.807) is 0 Å². The van der Waals surface area contributed by atoms with Crippen molar-refractivity contribution >= 4 is 0 Å². The maximum atomic E-state index is 9.17. The number of benzene rings is 1. The third-order valence-corrected chi connectivity index (χ3v) is 3.42. The lowest BCUT2D eigenvalue weighted by molar-refractivity contribution is 0.281. The smallest absolute Gasteiger partial charge is 0.227 e. The van der Waals surface area contributed by atoms with Crippen molar-refractivity contribution in [2.45, 2.75) is 45.8 Å². The molecule has 21 heavy (non-hydrogen) atoms. The SMILES string of the molecule is CC(C)c1noc(CCNC(C)c2cccc(CO)c2)n1. The van der Waals surface area contributed by atoms with E-state index in [9.17, 15) is 0 Å². The van der Waals surface area contributed by atoms with Gasteiger partial charge in [0.05, 0.1) is 6.61 Å². The predicted molar refractivity (Wildman–Crippen MR) is 80.9 cm³/mol. The van der Waals surface area contributed by atoms with Crippen LogP contribution in [0.1, 0.15) is 55.6 Å². The fourth-order valence-corrected chi connectivity index (χ4v) is 2.08. The highest BCUT2D eigenvalue weighted by molar-refractivity contribution is 5.25. The van der Waals surface area contributed by atoms with Crippen LogP contribution < -0.4 is 5.32 Å². The summed E-state index contributed by atoms with van der Waals surface area (Å²) >= 11 is 0. The van der Waals surface area contributed by atoms with E-state index in [2.05, 4.69) is 28.4 Å². The van der Waals surface area contributed by atoms with E-state index in [0.29, 0.717) is 12.3 Å². The molecule has 5 heteroatoms. The minimum atomic E-state index is 0.0700. The van der Waals surface area contributed by atoms with Crippen molar-refractivity contribution in [1.82, 2.24) is 15.5 Å². The first-order valence-corrected chi connectivity index (χ1v) is 7.35. The molecular formula is C16H23N3O2. The molecule has 0 bridgehead atoms. The van der Waals surface area contributed by atoms with Gasteiger partial charge in [0, 0.05) is 24.9 Å². The largest absolute Gasteiger partial charge is 0.392 e. The van der Waals surface area contributed by atoms with Crippen LogP contribution in [-0.2, 0) is 13.0 Å². The second kappa shape index (κ2) is 7.33. The Morgan fingerprint density at radius 1 is 1.29 bits per heavy atom. The van der Waals surface area contributed by atoms with Crippen molar-refractivity contribution in [1.29, 1.82) is 0 Å². The second-order valence-electron chi connectivity index (χ2n) is 5.53. The molecule has 0 amide bonds. The van der Waals surface area contributed by atoms with E-state index in [1.165, 1.54) is 0 Å². The molecule has 0 aliphatic rings. The second-order valence-corrected chi connectivity index (χ2v) is 5.53. The Labute approximate surface area is 125 Å². The van der Waals surface area contributed by atoms with Gasteiger partial charge in [-0.05, 0) is 18.1 Å². The fraction of sp³-hybridized carbons (Fsp3) is 0.500. The highest BCUT2D eigenvalue weighted by Crippen LogP contribution is 2.14. The van der Waals surface area contributed by atoms with Crippen LogP contribution in [0.25, 0.3) is 0 Å². The number of aliphatic hydroxyl groups is 1. The van der Waals surface area contributed by atoms with Gasteiger partial charge < -0.3 is 14.9 Å². The molecular weight excluding hydrogens is 266 g/mol. The number of hydrogen-bond acceptors (Lipinski definition) is 5. The Hall–Kier alpha value is -1.72. The quantitative estimate of drug-likeness (QED) is 0.819. The van der Waals surface area contributed by atoms with Crippen LogP contribution in [0, 0.1) is 0 Å². The molecule has 1 heterocycles. The zero-order valence-corrected chi connectivity index (χ0v) is 12.8. The van der Waals surface area contributed by atoms with Crippen molar-refractivity contribution in [2.24, 2.45) is 0 Å². The summed E-state index contributed by atoms with van der Waals surface area (Å²) in [7, 11) is 0. The van der Waals surface area contributed by atoms with Crippen LogP contribution >= 0.6 is 0 Å². The zero-order chi connectivity index (χ0) is 15.2. The molecule has 0 spiro atoms. The highest BCUT2D eigenvalue weighted by atomic mass is 16.5. The lowest BCUT2D eigenvalue weighted by Gasteiger charge is -2.14. The maximum Gasteiger partial charge on any atom is 0.227 e.